The van der Waals surface area contributed by atoms with E-state index in [4.69, 9.17) is 23.7 Å². The second-order valence-electron chi connectivity index (χ2n) is 8.48. The number of carbonyl (C=O) groups excluding carboxylic acids is 2. The quantitative estimate of drug-likeness (QED) is 0.446. The minimum atomic E-state index is -0.431. The number of nitrogens with one attached hydrogen (secondary N) is 2. The van der Waals surface area contributed by atoms with E-state index in [0.717, 1.165) is 22.3 Å². The van der Waals surface area contributed by atoms with Crippen molar-refractivity contribution < 1.29 is 33.3 Å². The number of benzene rings is 2. The summed E-state index contributed by atoms with van der Waals surface area (Å²) in [5, 5.41) is 4.87. The van der Waals surface area contributed by atoms with Crippen LogP contribution < -0.4 is 10.6 Å². The molecule has 2 amide bonds. The Labute approximate surface area is 205 Å². The lowest BCUT2D eigenvalue weighted by Gasteiger charge is -2.24. The van der Waals surface area contributed by atoms with Crippen LogP contribution in [0.25, 0.3) is 0 Å². The zero-order valence-corrected chi connectivity index (χ0v) is 20.0. The Morgan fingerprint density at radius 3 is 1.46 bits per heavy atom. The fraction of sp³-hybridized carbons (Fsp3) is 0.462. The summed E-state index contributed by atoms with van der Waals surface area (Å²) in [6.45, 7) is 1.96. The number of rotatable bonds is 12. The maximum Gasteiger partial charge on any atom is 0.406 e. The minimum Gasteiger partial charge on any atom is -0.449 e. The van der Waals surface area contributed by atoms with E-state index in [2.05, 4.69) is 10.6 Å². The second kappa shape index (κ2) is 12.0. The Bertz CT molecular complexity index is 893. The third-order valence-electron chi connectivity index (χ3n) is 5.96. The molecule has 9 nitrogen and oxygen atoms in total. The summed E-state index contributed by atoms with van der Waals surface area (Å²) in [5.41, 5.74) is 4.23. The molecule has 0 spiro atoms. The molecule has 4 rings (SSSR count). The molecule has 4 atom stereocenters. The normalized spacial score (nSPS) is 19.8. The molecule has 2 N–H and O–H groups in total. The number of alkyl carbamates (subject to hydrolysis) is 2. The lowest BCUT2D eigenvalue weighted by Crippen LogP contribution is -2.20. The third-order valence-corrected chi connectivity index (χ3v) is 5.96. The molecule has 2 saturated heterocycles. The van der Waals surface area contributed by atoms with Crippen molar-refractivity contribution in [2.24, 2.45) is 0 Å². The Balaban J connectivity index is 1.37. The Kier molecular flexibility index (Phi) is 8.57. The highest BCUT2D eigenvalue weighted by molar-refractivity contribution is 5.66. The highest BCUT2D eigenvalue weighted by Gasteiger charge is 2.42. The molecule has 0 radical (unpaired) electrons. The summed E-state index contributed by atoms with van der Waals surface area (Å²) in [5.74, 6) is 0. The molecule has 0 aromatic heterocycles. The van der Waals surface area contributed by atoms with Crippen molar-refractivity contribution in [3.05, 3.63) is 70.8 Å². The largest absolute Gasteiger partial charge is 0.449 e. The topological polar surface area (TPSA) is 111 Å². The van der Waals surface area contributed by atoms with Crippen LogP contribution in [-0.4, -0.2) is 64.9 Å². The van der Waals surface area contributed by atoms with E-state index in [1.165, 1.54) is 14.1 Å². The molecule has 2 aliphatic rings. The summed E-state index contributed by atoms with van der Waals surface area (Å²) in [6, 6.07) is 16.3. The first-order valence-electron chi connectivity index (χ1n) is 11.8. The number of hydrogen-bond acceptors (Lipinski definition) is 7. The fourth-order valence-corrected chi connectivity index (χ4v) is 3.80. The van der Waals surface area contributed by atoms with E-state index in [9.17, 15) is 9.59 Å². The van der Waals surface area contributed by atoms with E-state index in [1.54, 1.807) is 0 Å². The maximum atomic E-state index is 11.2. The summed E-state index contributed by atoms with van der Waals surface area (Å²) >= 11 is 0. The van der Waals surface area contributed by atoms with Gasteiger partial charge in [0, 0.05) is 26.9 Å². The smallest absolute Gasteiger partial charge is 0.406 e. The number of ether oxygens (including phenoxy) is 5. The van der Waals surface area contributed by atoms with E-state index < -0.39 is 12.2 Å². The Morgan fingerprint density at radius 1 is 0.771 bits per heavy atom. The van der Waals surface area contributed by atoms with Gasteiger partial charge in [-0.25, -0.2) is 9.59 Å². The molecule has 4 unspecified atom stereocenters. The van der Waals surface area contributed by atoms with Gasteiger partial charge < -0.3 is 34.3 Å². The van der Waals surface area contributed by atoms with Crippen molar-refractivity contribution in [2.45, 2.75) is 37.3 Å². The van der Waals surface area contributed by atoms with Crippen molar-refractivity contribution in [1.82, 2.24) is 10.6 Å². The van der Waals surface area contributed by atoms with Gasteiger partial charge in [-0.05, 0) is 22.3 Å². The van der Waals surface area contributed by atoms with Crippen LogP contribution in [0.3, 0.4) is 0 Å². The van der Waals surface area contributed by atoms with Crippen LogP contribution in [-0.2, 0) is 36.5 Å². The molecule has 2 aromatic carbocycles. The van der Waals surface area contributed by atoms with Gasteiger partial charge in [0.25, 0.3) is 0 Å². The van der Waals surface area contributed by atoms with Crippen LogP contribution in [0, 0.1) is 0 Å². The molecule has 0 bridgehead atoms. The first-order chi connectivity index (χ1) is 17.1. The molecule has 188 valence electrons. The molecule has 35 heavy (non-hydrogen) atoms. The third kappa shape index (κ3) is 7.42. The highest BCUT2D eigenvalue weighted by Crippen LogP contribution is 2.40. The molecule has 0 saturated carbocycles. The number of amides is 2. The first kappa shape index (κ1) is 25.0. The zero-order valence-electron chi connectivity index (χ0n) is 20.0. The van der Waals surface area contributed by atoms with Gasteiger partial charge in [-0.1, -0.05) is 48.5 Å². The predicted octanol–water partition coefficient (Wildman–Crippen LogP) is 3.08. The molecule has 2 heterocycles. The Morgan fingerprint density at radius 2 is 1.14 bits per heavy atom. The number of carbonyl (C=O) groups is 2. The molecule has 0 aliphatic carbocycles. The maximum absolute atomic E-state index is 11.2. The monoisotopic (exact) mass is 484 g/mol. The standard InChI is InChI=1S/C26H32N2O7/c1-27-25(29)31-13-11-17-3-7-19(8-4-17)23(21-15-33-21)35-24(22-16-34-22)20-9-5-18(6-10-20)12-14-32-26(30)28-2/h3-10,21-24H,11-16H2,1-2H3,(H,27,29)(H,28,30). The molecular weight excluding hydrogens is 452 g/mol. The van der Waals surface area contributed by atoms with Gasteiger partial charge in [0.2, 0.25) is 0 Å². The number of hydrogen-bond donors (Lipinski definition) is 2. The summed E-state index contributed by atoms with van der Waals surface area (Å²) < 4.78 is 28.0. The van der Waals surface area contributed by atoms with Crippen LogP contribution in [0.1, 0.15) is 34.5 Å². The lowest BCUT2D eigenvalue weighted by molar-refractivity contribution is -0.0419. The molecular formula is C26H32N2O7. The van der Waals surface area contributed by atoms with Crippen LogP contribution in [0.2, 0.25) is 0 Å². The van der Waals surface area contributed by atoms with Gasteiger partial charge in [0.05, 0.1) is 26.4 Å². The molecule has 2 aliphatic heterocycles. The van der Waals surface area contributed by atoms with Crippen molar-refractivity contribution >= 4 is 12.2 Å². The Hall–Kier alpha value is -3.14. The molecule has 2 aromatic rings. The minimum absolute atomic E-state index is 0.0137. The van der Waals surface area contributed by atoms with Crippen LogP contribution in [0.15, 0.2) is 48.5 Å². The van der Waals surface area contributed by atoms with Gasteiger partial charge in [-0.15, -0.1) is 0 Å². The molecule has 9 heteroatoms. The number of epoxide rings is 2. The highest BCUT2D eigenvalue weighted by atomic mass is 16.6. The van der Waals surface area contributed by atoms with Gasteiger partial charge in [-0.2, -0.15) is 0 Å². The van der Waals surface area contributed by atoms with E-state index >= 15 is 0 Å². The average molecular weight is 485 g/mol. The van der Waals surface area contributed by atoms with E-state index in [1.807, 2.05) is 48.5 Å². The molecule has 2 fully saturated rings. The van der Waals surface area contributed by atoms with Gasteiger partial charge in [-0.3, -0.25) is 0 Å². The van der Waals surface area contributed by atoms with Crippen molar-refractivity contribution in [3.63, 3.8) is 0 Å². The van der Waals surface area contributed by atoms with E-state index in [-0.39, 0.29) is 24.4 Å². The van der Waals surface area contributed by atoms with Crippen LogP contribution in [0.4, 0.5) is 9.59 Å². The van der Waals surface area contributed by atoms with Crippen LogP contribution >= 0.6 is 0 Å². The summed E-state index contributed by atoms with van der Waals surface area (Å²) in [7, 11) is 3.08. The van der Waals surface area contributed by atoms with E-state index in [0.29, 0.717) is 39.3 Å². The van der Waals surface area contributed by atoms with Crippen molar-refractivity contribution in [3.8, 4) is 0 Å². The lowest BCUT2D eigenvalue weighted by atomic mass is 10.0. The SMILES string of the molecule is CNC(=O)OCCc1ccc(C(OC(c2ccc(CCOC(=O)NC)cc2)C2CO2)C2CO2)cc1. The van der Waals surface area contributed by atoms with Crippen molar-refractivity contribution in [1.29, 1.82) is 0 Å². The van der Waals surface area contributed by atoms with Gasteiger partial charge in [0.1, 0.15) is 24.4 Å². The zero-order chi connectivity index (χ0) is 24.6. The summed E-state index contributed by atoms with van der Waals surface area (Å²) in [4.78, 5) is 22.4. The van der Waals surface area contributed by atoms with Crippen LogP contribution in [0.5, 0.6) is 0 Å². The van der Waals surface area contributed by atoms with Gasteiger partial charge >= 0.3 is 12.2 Å². The van der Waals surface area contributed by atoms with Crippen molar-refractivity contribution in [2.75, 3.05) is 40.5 Å². The summed E-state index contributed by atoms with van der Waals surface area (Å²) in [6.07, 6.45) is 0.0249. The second-order valence-corrected chi connectivity index (χ2v) is 8.48. The average Bonchev–Trinajstić information content (AvgIpc) is 3.80. The van der Waals surface area contributed by atoms with Gasteiger partial charge in [0.15, 0.2) is 0 Å². The first-order valence-corrected chi connectivity index (χ1v) is 11.8. The predicted molar refractivity (Wildman–Crippen MR) is 127 cm³/mol. The fourth-order valence-electron chi connectivity index (χ4n) is 3.80.